The molecule has 0 unspecified atom stereocenters. The van der Waals surface area contributed by atoms with Gasteiger partial charge in [0.2, 0.25) is 0 Å². The average Bonchev–Trinajstić information content (AvgIpc) is 3.58. The van der Waals surface area contributed by atoms with Gasteiger partial charge in [-0.2, -0.15) is 5.26 Å². The van der Waals surface area contributed by atoms with E-state index in [1.807, 2.05) is 30.3 Å². The highest BCUT2D eigenvalue weighted by atomic mass is 32.2. The lowest BCUT2D eigenvalue weighted by Gasteiger charge is -2.24. The molecule has 0 radical (unpaired) electrons. The van der Waals surface area contributed by atoms with Gasteiger partial charge in [0.15, 0.2) is 5.65 Å². The van der Waals surface area contributed by atoms with Crippen LogP contribution < -0.4 is 5.32 Å². The molecule has 1 N–H and O–H groups in total. The molecule has 3 heterocycles. The number of rotatable bonds is 7. The molecular weight excluding hydrogens is 514 g/mol. The summed E-state index contributed by atoms with van der Waals surface area (Å²) in [4.78, 5) is 19.1. The lowest BCUT2D eigenvalue weighted by molar-refractivity contribution is 0.102. The van der Waals surface area contributed by atoms with Crippen LogP contribution in [-0.2, 0) is 21.4 Å². The van der Waals surface area contributed by atoms with Gasteiger partial charge in [-0.1, -0.05) is 62.4 Å². The molecule has 1 fully saturated rings. The van der Waals surface area contributed by atoms with E-state index >= 15 is 0 Å². The number of ether oxygens (including phenoxy) is 1. The SMILES string of the molecule is CC(C)[C@@H]1CN(C(=O)OCc2ccccc2)C[C@@H]1Nc1c(C#N)cnc2c1ccn2S(=O)(=O)c1ccccc1. The number of likely N-dealkylation sites (tertiary alicyclic amines) is 1. The number of carbonyl (C=O) groups excluding carboxylic acids is 1. The number of nitrogens with one attached hydrogen (secondary N) is 1. The maximum atomic E-state index is 13.3. The van der Waals surface area contributed by atoms with Crippen molar-refractivity contribution in [1.29, 1.82) is 5.26 Å². The zero-order valence-electron chi connectivity index (χ0n) is 21.7. The van der Waals surface area contributed by atoms with Crippen LogP contribution in [0.3, 0.4) is 0 Å². The largest absolute Gasteiger partial charge is 0.445 e. The molecule has 10 heteroatoms. The summed E-state index contributed by atoms with van der Waals surface area (Å²) >= 11 is 0. The van der Waals surface area contributed by atoms with E-state index in [1.165, 1.54) is 24.5 Å². The number of benzene rings is 2. The van der Waals surface area contributed by atoms with Gasteiger partial charge in [0.1, 0.15) is 12.7 Å². The summed E-state index contributed by atoms with van der Waals surface area (Å²) in [6.45, 7) is 5.26. The van der Waals surface area contributed by atoms with E-state index in [0.717, 1.165) is 9.54 Å². The third-order valence-electron chi connectivity index (χ3n) is 7.12. The molecule has 2 aromatic heterocycles. The number of hydrogen-bond acceptors (Lipinski definition) is 7. The summed E-state index contributed by atoms with van der Waals surface area (Å²) in [5.41, 5.74) is 1.93. The molecule has 0 bridgehead atoms. The number of amides is 1. The highest BCUT2D eigenvalue weighted by Gasteiger charge is 2.38. The van der Waals surface area contributed by atoms with Crippen LogP contribution in [0.25, 0.3) is 11.0 Å². The fourth-order valence-electron chi connectivity index (χ4n) is 5.01. The molecule has 0 spiro atoms. The van der Waals surface area contributed by atoms with Crippen molar-refractivity contribution in [1.82, 2.24) is 13.9 Å². The number of nitrogens with zero attached hydrogens (tertiary/aromatic N) is 4. The van der Waals surface area contributed by atoms with Crippen molar-refractivity contribution in [3.8, 4) is 6.07 Å². The van der Waals surface area contributed by atoms with E-state index < -0.39 is 16.1 Å². The number of anilines is 1. The molecule has 1 aliphatic heterocycles. The van der Waals surface area contributed by atoms with Gasteiger partial charge >= 0.3 is 6.09 Å². The van der Waals surface area contributed by atoms with Crippen molar-refractivity contribution in [3.63, 3.8) is 0 Å². The van der Waals surface area contributed by atoms with E-state index in [2.05, 4.69) is 30.2 Å². The smallest absolute Gasteiger partial charge is 0.410 e. The van der Waals surface area contributed by atoms with Gasteiger partial charge in [0, 0.05) is 42.8 Å². The Labute approximate surface area is 227 Å². The Kier molecular flexibility index (Phi) is 7.26. The Morgan fingerprint density at radius 1 is 1.10 bits per heavy atom. The highest BCUT2D eigenvalue weighted by molar-refractivity contribution is 7.90. The van der Waals surface area contributed by atoms with Gasteiger partial charge in [-0.15, -0.1) is 0 Å². The monoisotopic (exact) mass is 543 g/mol. The molecule has 2 aromatic carbocycles. The molecule has 0 aliphatic carbocycles. The number of aromatic nitrogens is 2. The second-order valence-corrected chi connectivity index (χ2v) is 11.7. The van der Waals surface area contributed by atoms with Crippen LogP contribution in [0.4, 0.5) is 10.5 Å². The van der Waals surface area contributed by atoms with Crippen molar-refractivity contribution in [2.24, 2.45) is 11.8 Å². The minimum absolute atomic E-state index is 0.0826. The maximum Gasteiger partial charge on any atom is 0.410 e. The minimum Gasteiger partial charge on any atom is -0.445 e. The van der Waals surface area contributed by atoms with E-state index in [1.54, 1.807) is 29.2 Å². The van der Waals surface area contributed by atoms with Crippen LogP contribution in [0.1, 0.15) is 25.0 Å². The second kappa shape index (κ2) is 10.8. The lowest BCUT2D eigenvalue weighted by atomic mass is 9.91. The number of hydrogen-bond donors (Lipinski definition) is 1. The fourth-order valence-corrected chi connectivity index (χ4v) is 6.33. The Morgan fingerprint density at radius 3 is 2.46 bits per heavy atom. The van der Waals surface area contributed by atoms with E-state index in [9.17, 15) is 18.5 Å². The summed E-state index contributed by atoms with van der Waals surface area (Å²) in [5, 5.41) is 13.8. The second-order valence-electron chi connectivity index (χ2n) is 9.93. The molecule has 200 valence electrons. The van der Waals surface area contributed by atoms with E-state index in [0.29, 0.717) is 29.7 Å². The predicted molar refractivity (Wildman–Crippen MR) is 147 cm³/mol. The van der Waals surface area contributed by atoms with Crippen molar-refractivity contribution in [2.75, 3.05) is 18.4 Å². The van der Waals surface area contributed by atoms with Gasteiger partial charge in [0.25, 0.3) is 10.0 Å². The van der Waals surface area contributed by atoms with Crippen molar-refractivity contribution in [3.05, 3.63) is 90.3 Å². The number of pyridine rings is 1. The third-order valence-corrected chi connectivity index (χ3v) is 8.80. The lowest BCUT2D eigenvalue weighted by Crippen LogP contribution is -2.33. The number of fused-ring (bicyclic) bond motifs is 1. The Balaban J connectivity index is 1.42. The van der Waals surface area contributed by atoms with E-state index in [-0.39, 0.29) is 35.0 Å². The van der Waals surface area contributed by atoms with Gasteiger partial charge in [-0.25, -0.2) is 22.2 Å². The van der Waals surface area contributed by atoms with Gasteiger partial charge < -0.3 is 15.0 Å². The van der Waals surface area contributed by atoms with Crippen LogP contribution in [0.15, 0.2) is 84.0 Å². The Hall–Kier alpha value is -4.36. The molecule has 1 amide bonds. The fraction of sp³-hybridized carbons (Fsp3) is 0.276. The highest BCUT2D eigenvalue weighted by Crippen LogP contribution is 2.33. The van der Waals surface area contributed by atoms with Gasteiger partial charge in [0.05, 0.1) is 16.1 Å². The molecule has 5 rings (SSSR count). The van der Waals surface area contributed by atoms with Gasteiger partial charge in [-0.3, -0.25) is 0 Å². The first kappa shape index (κ1) is 26.3. The third kappa shape index (κ3) is 5.18. The number of carbonyl (C=O) groups is 1. The summed E-state index contributed by atoms with van der Waals surface area (Å²) in [5.74, 6) is 0.319. The van der Waals surface area contributed by atoms with Crippen LogP contribution in [0.5, 0.6) is 0 Å². The molecule has 2 atom stereocenters. The zero-order chi connectivity index (χ0) is 27.6. The predicted octanol–water partition coefficient (Wildman–Crippen LogP) is 4.85. The van der Waals surface area contributed by atoms with Crippen molar-refractivity contribution >= 4 is 32.8 Å². The first-order valence-electron chi connectivity index (χ1n) is 12.7. The first-order valence-corrected chi connectivity index (χ1v) is 14.2. The summed E-state index contributed by atoms with van der Waals surface area (Å²) in [6.07, 6.45) is 2.44. The normalized spacial score (nSPS) is 17.3. The first-order chi connectivity index (χ1) is 18.8. The standard InChI is InChI=1S/C29H29N5O4S/c1-20(2)25-17-33(29(35)38-19-21-9-5-3-6-10-21)18-26(25)32-27-22(15-30)16-31-28-24(27)13-14-34(28)39(36,37)23-11-7-4-8-12-23/h3-14,16,20,25-26H,17-19H2,1-2H3,(H,31,32)/t25-,26-/m0/s1. The quantitative estimate of drug-likeness (QED) is 0.354. The molecule has 9 nitrogen and oxygen atoms in total. The number of nitriles is 1. The topological polar surface area (TPSA) is 117 Å². The zero-order valence-corrected chi connectivity index (χ0v) is 22.5. The average molecular weight is 544 g/mol. The minimum atomic E-state index is -3.89. The van der Waals surface area contributed by atoms with Crippen molar-refractivity contribution in [2.45, 2.75) is 31.4 Å². The molecular formula is C29H29N5O4S. The summed E-state index contributed by atoms with van der Waals surface area (Å²) < 4.78 is 33.3. The van der Waals surface area contributed by atoms with Crippen LogP contribution >= 0.6 is 0 Å². The Morgan fingerprint density at radius 2 is 1.79 bits per heavy atom. The van der Waals surface area contributed by atoms with Gasteiger partial charge in [-0.05, 0) is 29.7 Å². The summed E-state index contributed by atoms with van der Waals surface area (Å²) in [7, 11) is -3.89. The van der Waals surface area contributed by atoms with Crippen molar-refractivity contribution < 1.29 is 17.9 Å². The molecule has 4 aromatic rings. The van der Waals surface area contributed by atoms with Crippen LogP contribution in [0, 0.1) is 23.2 Å². The molecule has 1 saturated heterocycles. The molecule has 0 saturated carbocycles. The molecule has 39 heavy (non-hydrogen) atoms. The van der Waals surface area contributed by atoms with Crippen LogP contribution in [-0.4, -0.2) is 47.5 Å². The maximum absolute atomic E-state index is 13.3. The van der Waals surface area contributed by atoms with Crippen LogP contribution in [0.2, 0.25) is 0 Å². The van der Waals surface area contributed by atoms with E-state index in [4.69, 9.17) is 4.74 Å². The molecule has 1 aliphatic rings. The summed E-state index contributed by atoms with van der Waals surface area (Å²) in [6, 6.07) is 21.3. The Bertz CT molecular complexity index is 1630.